The minimum atomic E-state index is -0.851. The normalized spacial score (nSPS) is 29.4. The van der Waals surface area contributed by atoms with Gasteiger partial charge in [-0.1, -0.05) is 17.7 Å². The highest BCUT2D eigenvalue weighted by atomic mass is 35.5. The van der Waals surface area contributed by atoms with Gasteiger partial charge in [0.2, 0.25) is 5.91 Å². The summed E-state index contributed by atoms with van der Waals surface area (Å²) in [7, 11) is 0. The summed E-state index contributed by atoms with van der Waals surface area (Å²) in [4.78, 5) is 35.0. The first-order valence-corrected chi connectivity index (χ1v) is 12.7. The minimum absolute atomic E-state index is 0.100. The largest absolute Gasteiger partial charge is 0.334 e. The molecule has 4 atom stereocenters. The molecule has 3 heterocycles. The van der Waals surface area contributed by atoms with E-state index in [2.05, 4.69) is 34.1 Å². The number of amides is 1. The number of hydrogen-bond acceptors (Lipinski definition) is 7. The van der Waals surface area contributed by atoms with Gasteiger partial charge in [0.05, 0.1) is 22.6 Å². The molecular weight excluding hydrogens is 478 g/mol. The molecule has 186 valence electrons. The van der Waals surface area contributed by atoms with Crippen molar-refractivity contribution in [2.75, 3.05) is 39.3 Å². The Labute approximate surface area is 215 Å². The molecule has 0 aromatic heterocycles. The van der Waals surface area contributed by atoms with Gasteiger partial charge in [0.25, 0.3) is 12.3 Å². The molecule has 2 saturated heterocycles. The summed E-state index contributed by atoms with van der Waals surface area (Å²) in [6.45, 7) is 7.29. The Morgan fingerprint density at radius 3 is 2.86 bits per heavy atom. The highest BCUT2D eigenvalue weighted by molar-refractivity contribution is 6.31. The van der Waals surface area contributed by atoms with Crippen molar-refractivity contribution in [2.45, 2.75) is 31.6 Å². The van der Waals surface area contributed by atoms with Crippen molar-refractivity contribution in [3.8, 4) is 12.1 Å². The van der Waals surface area contributed by atoms with Crippen LogP contribution in [0.4, 0.5) is 0 Å². The van der Waals surface area contributed by atoms with Gasteiger partial charge < -0.3 is 9.89 Å². The summed E-state index contributed by atoms with van der Waals surface area (Å²) in [6, 6.07) is 9.39. The fourth-order valence-corrected chi connectivity index (χ4v) is 5.96. The van der Waals surface area contributed by atoms with Gasteiger partial charge in [-0.3, -0.25) is 10.1 Å². The Bertz CT molecular complexity index is 1210. The Balaban J connectivity index is 1.40. The fraction of sp³-hybridized carbons (Fsp3) is 0.538. The number of carbonyl (C=O) groups is 1. The zero-order valence-corrected chi connectivity index (χ0v) is 20.8. The van der Waals surface area contributed by atoms with E-state index < -0.39 is 17.7 Å². The van der Waals surface area contributed by atoms with Crippen molar-refractivity contribution in [3.05, 3.63) is 50.9 Å². The van der Waals surface area contributed by atoms with Crippen LogP contribution in [-0.2, 0) is 4.79 Å². The predicted octanol–water partition coefficient (Wildman–Crippen LogP) is 2.63. The van der Waals surface area contributed by atoms with Gasteiger partial charge in [0, 0.05) is 54.5 Å². The van der Waals surface area contributed by atoms with Crippen LogP contribution in [0.5, 0.6) is 0 Å². The number of likely N-dealkylation sites (tertiary alicyclic amines) is 1. The Morgan fingerprint density at radius 2 is 2.17 bits per heavy atom. The summed E-state index contributed by atoms with van der Waals surface area (Å²) in [5, 5.41) is 22.6. The molecule has 0 radical (unpaired) electrons. The topological polar surface area (TPSA) is 116 Å². The second-order valence-corrected chi connectivity index (χ2v) is 10.7. The first kappa shape index (κ1) is 24.6. The molecule has 1 aliphatic carbocycles. The van der Waals surface area contributed by atoms with Crippen LogP contribution in [0.3, 0.4) is 0 Å². The summed E-state index contributed by atoms with van der Waals surface area (Å²) >= 11 is 6.13. The zero-order valence-electron chi connectivity index (χ0n) is 20.1. The Morgan fingerprint density at radius 1 is 1.36 bits per heavy atom. The maximum atomic E-state index is 14.0. The molecule has 4 aliphatic rings. The quantitative estimate of drug-likeness (QED) is 0.360. The summed E-state index contributed by atoms with van der Waals surface area (Å²) in [5.41, 5.74) is 1.23. The van der Waals surface area contributed by atoms with E-state index in [0.29, 0.717) is 61.1 Å². The molecule has 36 heavy (non-hydrogen) atoms. The number of hydrogen-bond donors (Lipinski definition) is 1. The highest BCUT2D eigenvalue weighted by Gasteiger charge is 2.55. The van der Waals surface area contributed by atoms with Crippen molar-refractivity contribution in [1.29, 1.82) is 10.5 Å². The highest BCUT2D eigenvalue weighted by Crippen LogP contribution is 2.47. The van der Waals surface area contributed by atoms with Gasteiger partial charge >= 0.3 is 0 Å². The number of rotatable bonds is 6. The van der Waals surface area contributed by atoms with Crippen molar-refractivity contribution < 1.29 is 9.55 Å². The van der Waals surface area contributed by atoms with E-state index in [-0.39, 0.29) is 11.8 Å². The smallest absolute Gasteiger partial charge is 0.282 e. The molecule has 1 aromatic carbocycles. The number of nitriles is 2. The second-order valence-electron chi connectivity index (χ2n) is 10.3. The van der Waals surface area contributed by atoms with E-state index in [0.717, 1.165) is 29.8 Å². The molecule has 1 N–H and O–H groups in total. The Hall–Kier alpha value is -3.11. The molecule has 1 amide bonds. The van der Waals surface area contributed by atoms with Crippen molar-refractivity contribution in [1.82, 2.24) is 15.1 Å². The van der Waals surface area contributed by atoms with E-state index in [4.69, 9.17) is 11.6 Å². The number of nitrogens with one attached hydrogen (secondary N) is 1. The van der Waals surface area contributed by atoms with Gasteiger partial charge in [0.1, 0.15) is 11.5 Å². The maximum absolute atomic E-state index is 14.0. The van der Waals surface area contributed by atoms with Crippen molar-refractivity contribution in [3.63, 3.8) is 0 Å². The summed E-state index contributed by atoms with van der Waals surface area (Å²) in [5.74, 6) is 0.135. The van der Waals surface area contributed by atoms with Gasteiger partial charge in [-0.2, -0.15) is 10.5 Å². The third-order valence-corrected chi connectivity index (χ3v) is 8.33. The molecule has 3 aliphatic heterocycles. The van der Waals surface area contributed by atoms with Crippen LogP contribution in [0, 0.1) is 44.8 Å². The van der Waals surface area contributed by atoms with Crippen LogP contribution >= 0.6 is 11.6 Å². The molecule has 10 heteroatoms. The number of aliphatic imine (C=N–C) groups is 1. The monoisotopic (exact) mass is 506 g/mol. The molecule has 4 unspecified atom stereocenters. The lowest BCUT2D eigenvalue weighted by Crippen LogP contribution is -2.58. The standard InChI is InChI=1S/C26H29ClN7O2/c1-30-12-17-4-8-32(14-17)24-21(19-5-9-33(15-19)25(35)26(16-29)6-7-26)13-31-23(34(24)36)18-2-3-22(27)20(10-18)11-28/h2-3,5,10,17,21,23-24,31H,1,4,6-9,12-15H2/q+1. The fourth-order valence-electron chi connectivity index (χ4n) is 5.80. The second kappa shape index (κ2) is 9.74. The number of benzene rings is 1. The molecule has 9 nitrogen and oxygen atoms in total. The van der Waals surface area contributed by atoms with Gasteiger partial charge in [-0.25, -0.2) is 4.90 Å². The number of carbonyl (C=O) groups excluding carboxylic acids is 1. The molecule has 0 bridgehead atoms. The third kappa shape index (κ3) is 4.32. The minimum Gasteiger partial charge on any atom is -0.334 e. The average Bonchev–Trinajstić information content (AvgIpc) is 3.29. The van der Waals surface area contributed by atoms with E-state index in [1.165, 1.54) is 0 Å². The van der Waals surface area contributed by atoms with E-state index in [1.807, 2.05) is 6.08 Å². The maximum Gasteiger partial charge on any atom is 0.282 e. The molecule has 3 fully saturated rings. The van der Waals surface area contributed by atoms with Gasteiger partial charge in [-0.05, 0) is 55.7 Å². The van der Waals surface area contributed by atoms with Crippen LogP contribution in [0.15, 0.2) is 34.8 Å². The van der Waals surface area contributed by atoms with Crippen LogP contribution in [0.2, 0.25) is 5.02 Å². The van der Waals surface area contributed by atoms with Gasteiger partial charge in [0.15, 0.2) is 0 Å². The summed E-state index contributed by atoms with van der Waals surface area (Å²) in [6.07, 6.45) is 3.18. The van der Waals surface area contributed by atoms with E-state index in [9.17, 15) is 20.2 Å². The van der Waals surface area contributed by atoms with Crippen LogP contribution < -0.4 is 5.32 Å². The lowest BCUT2D eigenvalue weighted by atomic mass is 9.91. The van der Waals surface area contributed by atoms with Crippen LogP contribution in [-0.4, -0.2) is 72.6 Å². The predicted molar refractivity (Wildman–Crippen MR) is 134 cm³/mol. The Kier molecular flexibility index (Phi) is 6.65. The molecule has 1 aromatic rings. The van der Waals surface area contributed by atoms with Crippen LogP contribution in [0.25, 0.3) is 0 Å². The lowest BCUT2D eigenvalue weighted by Gasteiger charge is -2.35. The van der Waals surface area contributed by atoms with E-state index in [1.54, 1.807) is 23.1 Å². The van der Waals surface area contributed by atoms with Crippen molar-refractivity contribution in [2.24, 2.45) is 22.2 Å². The molecular formula is C26H29ClN7O2+. The summed E-state index contributed by atoms with van der Waals surface area (Å²) < 4.78 is 1.10. The van der Waals surface area contributed by atoms with E-state index >= 15 is 0 Å². The lowest BCUT2D eigenvalue weighted by molar-refractivity contribution is -0.668. The molecule has 1 saturated carbocycles. The number of halogens is 1. The zero-order chi connectivity index (χ0) is 25.4. The number of nitrogens with zero attached hydrogens (tertiary/aromatic N) is 6. The van der Waals surface area contributed by atoms with Crippen molar-refractivity contribution >= 4 is 24.2 Å². The third-order valence-electron chi connectivity index (χ3n) is 8.00. The first-order valence-electron chi connectivity index (χ1n) is 12.3. The average molecular weight is 507 g/mol. The SMILES string of the molecule is C=NCC1CCN(C2C(C3=CCN(C(=O)C4(C#N)CC4)C3)CNC(c3ccc(Cl)c(C#N)c3)[N+]2=O)C1. The van der Waals surface area contributed by atoms with Gasteiger partial charge in [-0.15, -0.1) is 0 Å². The number of nitroso groups, excluding NO2 is 1. The van der Waals surface area contributed by atoms with Crippen LogP contribution in [0.1, 0.15) is 36.6 Å². The first-order chi connectivity index (χ1) is 17.4. The molecule has 5 rings (SSSR count). The molecule has 0 spiro atoms.